The molecular weight excluding hydrogens is 364 g/mol. The predicted molar refractivity (Wildman–Crippen MR) is 106 cm³/mol. The highest BCUT2D eigenvalue weighted by molar-refractivity contribution is 7.85. The third-order valence-electron chi connectivity index (χ3n) is 3.09. The zero-order chi connectivity index (χ0) is 20.1. The van der Waals surface area contributed by atoms with Crippen molar-refractivity contribution in [3.05, 3.63) is 108 Å². The summed E-state index contributed by atoms with van der Waals surface area (Å²) in [6.45, 7) is 0. The van der Waals surface area contributed by atoms with E-state index in [1.165, 1.54) is 0 Å². The molecule has 0 heterocycles. The lowest BCUT2D eigenvalue weighted by molar-refractivity contribution is 0.0747. The summed E-state index contributed by atoms with van der Waals surface area (Å²) in [5, 5.41) is 9.89. The van der Waals surface area contributed by atoms with Gasteiger partial charge in [0.15, 0.2) is 5.78 Å². The van der Waals surface area contributed by atoms with Gasteiger partial charge in [-0.3, -0.25) is 9.35 Å². The van der Waals surface area contributed by atoms with Crippen LogP contribution in [0.4, 0.5) is 0 Å². The van der Waals surface area contributed by atoms with Crippen molar-refractivity contribution in [2.24, 2.45) is 0 Å². The molecule has 0 aromatic heterocycles. The summed E-state index contributed by atoms with van der Waals surface area (Å²) in [6, 6.07) is 29.7. The van der Waals surface area contributed by atoms with E-state index in [1.54, 1.807) is 48.5 Å². The van der Waals surface area contributed by atoms with Crippen molar-refractivity contribution in [3.8, 4) is 0 Å². The molecule has 1 unspecified atom stereocenters. The SMILES string of the molecule is CS(=O)(=O)O.O=C(c1ccccc1)C(O)c1ccccc1.c1ccccc1. The number of ketones is 1. The summed E-state index contributed by atoms with van der Waals surface area (Å²) in [5.41, 5.74) is 1.15. The number of Topliss-reactive ketones (excluding diaryl/α,β-unsaturated/α-hetero) is 1. The first-order valence-electron chi connectivity index (χ1n) is 8.04. The van der Waals surface area contributed by atoms with E-state index in [1.807, 2.05) is 48.5 Å². The maximum absolute atomic E-state index is 11.9. The molecule has 0 radical (unpaired) electrons. The summed E-state index contributed by atoms with van der Waals surface area (Å²) in [6.07, 6.45) is -0.365. The van der Waals surface area contributed by atoms with Gasteiger partial charge in [0, 0.05) is 5.56 Å². The van der Waals surface area contributed by atoms with E-state index in [-0.39, 0.29) is 5.78 Å². The summed E-state index contributed by atoms with van der Waals surface area (Å²) < 4.78 is 25.9. The first-order valence-corrected chi connectivity index (χ1v) is 9.88. The molecule has 27 heavy (non-hydrogen) atoms. The predicted octanol–water partition coefficient (Wildman–Crippen LogP) is 3.79. The van der Waals surface area contributed by atoms with Gasteiger partial charge in [0.2, 0.25) is 0 Å². The van der Waals surface area contributed by atoms with Crippen LogP contribution in [0.1, 0.15) is 22.0 Å². The number of hydrogen-bond donors (Lipinski definition) is 2. The Morgan fingerprint density at radius 3 is 1.41 bits per heavy atom. The first kappa shape index (κ1) is 22.2. The number of hydrogen-bond acceptors (Lipinski definition) is 4. The number of rotatable bonds is 3. The summed E-state index contributed by atoms with van der Waals surface area (Å²) >= 11 is 0. The molecule has 0 aliphatic heterocycles. The van der Waals surface area contributed by atoms with Crippen molar-refractivity contribution in [3.63, 3.8) is 0 Å². The Kier molecular flexibility index (Phi) is 9.68. The molecule has 6 heteroatoms. The molecule has 0 bridgehead atoms. The Balaban J connectivity index is 0.000000272. The standard InChI is InChI=1S/C14H12O2.C6H6.CH4O3S/c15-13(11-7-3-1-4-8-11)14(16)12-9-5-2-6-10-12;1-2-4-6-5-3-1;1-5(2,3)4/h1-10,13,15H;1-6H;1H3,(H,2,3,4). The normalized spacial score (nSPS) is 11.1. The van der Waals surface area contributed by atoms with Gasteiger partial charge in [-0.15, -0.1) is 0 Å². The Hall–Kier alpha value is -2.80. The second-order valence-corrected chi connectivity index (χ2v) is 6.90. The summed E-state index contributed by atoms with van der Waals surface area (Å²) in [7, 11) is -3.67. The minimum absolute atomic E-state index is 0.271. The van der Waals surface area contributed by atoms with Crippen LogP contribution in [0, 0.1) is 0 Å². The van der Waals surface area contributed by atoms with Crippen molar-refractivity contribution in [1.82, 2.24) is 0 Å². The monoisotopic (exact) mass is 386 g/mol. The fraction of sp³-hybridized carbons (Fsp3) is 0.0952. The number of aliphatic hydroxyl groups excluding tert-OH is 1. The van der Waals surface area contributed by atoms with E-state index in [9.17, 15) is 18.3 Å². The van der Waals surface area contributed by atoms with E-state index in [0.29, 0.717) is 17.4 Å². The maximum atomic E-state index is 11.9. The van der Waals surface area contributed by atoms with Gasteiger partial charge in [-0.05, 0) is 5.56 Å². The molecule has 0 aliphatic rings. The number of aliphatic hydroxyl groups is 1. The molecule has 3 rings (SSSR count). The van der Waals surface area contributed by atoms with Crippen LogP contribution < -0.4 is 0 Å². The van der Waals surface area contributed by atoms with Gasteiger partial charge < -0.3 is 5.11 Å². The maximum Gasteiger partial charge on any atom is 0.261 e. The molecule has 0 amide bonds. The van der Waals surface area contributed by atoms with Crippen molar-refractivity contribution in [1.29, 1.82) is 0 Å². The molecule has 142 valence electrons. The van der Waals surface area contributed by atoms with Crippen molar-refractivity contribution < 1.29 is 22.9 Å². The van der Waals surface area contributed by atoms with Crippen LogP contribution in [0.5, 0.6) is 0 Å². The quantitative estimate of drug-likeness (QED) is 0.528. The Morgan fingerprint density at radius 2 is 1.04 bits per heavy atom. The highest BCUT2D eigenvalue weighted by Crippen LogP contribution is 2.17. The van der Waals surface area contributed by atoms with Gasteiger partial charge in [0.1, 0.15) is 6.10 Å². The molecule has 3 aromatic rings. The van der Waals surface area contributed by atoms with E-state index in [4.69, 9.17) is 4.55 Å². The Morgan fingerprint density at radius 1 is 0.741 bits per heavy atom. The third kappa shape index (κ3) is 10.7. The van der Waals surface area contributed by atoms with E-state index in [0.717, 1.165) is 0 Å². The number of carbonyl (C=O) groups excluding carboxylic acids is 1. The van der Waals surface area contributed by atoms with Crippen LogP contribution in [-0.4, -0.2) is 30.1 Å². The smallest absolute Gasteiger partial charge is 0.261 e. The fourth-order valence-electron chi connectivity index (χ4n) is 1.93. The fourth-order valence-corrected chi connectivity index (χ4v) is 1.93. The molecule has 5 nitrogen and oxygen atoms in total. The van der Waals surface area contributed by atoms with Gasteiger partial charge in [-0.1, -0.05) is 97.1 Å². The lowest BCUT2D eigenvalue weighted by atomic mass is 10.0. The second kappa shape index (κ2) is 11.7. The average Bonchev–Trinajstić information content (AvgIpc) is 2.69. The minimum Gasteiger partial charge on any atom is -0.380 e. The van der Waals surface area contributed by atoms with Crippen LogP contribution in [0.15, 0.2) is 97.1 Å². The zero-order valence-electron chi connectivity index (χ0n) is 14.8. The van der Waals surface area contributed by atoms with Gasteiger partial charge in [-0.2, -0.15) is 8.42 Å². The Bertz CT molecular complexity index is 845. The second-order valence-electron chi connectivity index (χ2n) is 5.43. The highest BCUT2D eigenvalue weighted by atomic mass is 32.2. The van der Waals surface area contributed by atoms with Crippen molar-refractivity contribution in [2.45, 2.75) is 6.10 Å². The highest BCUT2D eigenvalue weighted by Gasteiger charge is 2.18. The van der Waals surface area contributed by atoms with Crippen LogP contribution in [0.2, 0.25) is 0 Å². The van der Waals surface area contributed by atoms with Gasteiger partial charge in [0.05, 0.1) is 6.26 Å². The van der Waals surface area contributed by atoms with Crippen molar-refractivity contribution in [2.75, 3.05) is 6.26 Å². The lowest BCUT2D eigenvalue weighted by Crippen LogP contribution is -2.11. The minimum atomic E-state index is -3.67. The topological polar surface area (TPSA) is 91.7 Å². The lowest BCUT2D eigenvalue weighted by Gasteiger charge is -2.09. The van der Waals surface area contributed by atoms with E-state index < -0.39 is 16.2 Å². The van der Waals surface area contributed by atoms with Crippen molar-refractivity contribution >= 4 is 15.9 Å². The summed E-state index contributed by atoms with van der Waals surface area (Å²) in [4.78, 5) is 11.9. The zero-order valence-corrected chi connectivity index (χ0v) is 15.7. The van der Waals surface area contributed by atoms with E-state index >= 15 is 0 Å². The molecule has 0 saturated heterocycles. The molecule has 3 aromatic carbocycles. The third-order valence-corrected chi connectivity index (χ3v) is 3.09. The summed E-state index contributed by atoms with van der Waals surface area (Å²) in [5.74, 6) is -0.271. The van der Waals surface area contributed by atoms with Gasteiger partial charge >= 0.3 is 0 Å². The van der Waals surface area contributed by atoms with Gasteiger partial charge in [-0.25, -0.2) is 0 Å². The largest absolute Gasteiger partial charge is 0.380 e. The average molecular weight is 386 g/mol. The van der Waals surface area contributed by atoms with Crippen LogP contribution in [-0.2, 0) is 10.1 Å². The van der Waals surface area contributed by atoms with Crippen LogP contribution in [0.3, 0.4) is 0 Å². The van der Waals surface area contributed by atoms with Gasteiger partial charge in [0.25, 0.3) is 10.1 Å². The molecule has 2 N–H and O–H groups in total. The van der Waals surface area contributed by atoms with Crippen LogP contribution in [0.25, 0.3) is 0 Å². The van der Waals surface area contributed by atoms with E-state index in [2.05, 4.69) is 0 Å². The molecule has 0 spiro atoms. The number of carbonyl (C=O) groups is 1. The van der Waals surface area contributed by atoms with Crippen LogP contribution >= 0.6 is 0 Å². The molecule has 0 aliphatic carbocycles. The molecule has 0 fully saturated rings. The number of benzene rings is 3. The first-order chi connectivity index (χ1) is 12.8. The molecule has 0 saturated carbocycles. The molecule has 1 atom stereocenters. The Labute approximate surface area is 159 Å². The molecular formula is C21H22O5S.